The van der Waals surface area contributed by atoms with Crippen LogP contribution in [-0.2, 0) is 21.7 Å². The summed E-state index contributed by atoms with van der Waals surface area (Å²) in [6.07, 6.45) is 13.7. The van der Waals surface area contributed by atoms with Crippen molar-refractivity contribution in [2.45, 2.75) is 51.4 Å². The Hall–Kier alpha value is 0.194. The second kappa shape index (κ2) is 4.37. The Kier molecular flexibility index (Phi) is 3.34. The maximum Gasteiger partial charge on any atom is 0.0122 e. The minimum Gasteiger partial charge on any atom is -0.0586 e. The van der Waals surface area contributed by atoms with E-state index in [1.54, 1.807) is 22.3 Å². The number of allylic oxidation sites excluding steroid dienone is 4. The normalized spacial score (nSPS) is 25.7. The van der Waals surface area contributed by atoms with Crippen molar-refractivity contribution in [3.63, 3.8) is 0 Å². The molecule has 0 aromatic rings. The molecule has 0 N–H and O–H groups in total. The monoisotopic (exact) mass is 221 g/mol. The van der Waals surface area contributed by atoms with Crippen LogP contribution in [0.15, 0.2) is 22.3 Å². The van der Waals surface area contributed by atoms with Gasteiger partial charge in [0.15, 0.2) is 0 Å². The molecule has 73 valence electrons. The van der Waals surface area contributed by atoms with Crippen LogP contribution >= 0.6 is 0 Å². The van der Waals surface area contributed by atoms with E-state index < -0.39 is 0 Å². The fourth-order valence-corrected chi connectivity index (χ4v) is 3.08. The third-order valence-corrected chi connectivity index (χ3v) is 3.73. The maximum atomic E-state index is 2.52. The van der Waals surface area contributed by atoms with Gasteiger partial charge in [-0.05, 0) is 62.5 Å². The molecule has 3 rings (SSSR count). The van der Waals surface area contributed by atoms with Crippen LogP contribution in [0.4, 0.5) is 0 Å². The summed E-state index contributed by atoms with van der Waals surface area (Å²) in [6.45, 7) is 0. The summed E-state index contributed by atoms with van der Waals surface area (Å²) in [4.78, 5) is 0. The molecular weight excluding hydrogens is 204 g/mol. The summed E-state index contributed by atoms with van der Waals surface area (Å²) in [5.41, 5.74) is 6.94. The molecule has 0 fully saturated rings. The van der Waals surface area contributed by atoms with E-state index in [-0.39, 0.29) is 21.7 Å². The summed E-state index contributed by atoms with van der Waals surface area (Å²) in [6, 6.07) is 0. The fourth-order valence-electron chi connectivity index (χ4n) is 3.08. The van der Waals surface area contributed by atoms with E-state index in [4.69, 9.17) is 0 Å². The first-order valence-electron chi connectivity index (χ1n) is 5.74. The zero-order valence-electron chi connectivity index (χ0n) is 8.73. The molecule has 3 aliphatic rings. The third kappa shape index (κ3) is 1.68. The van der Waals surface area contributed by atoms with Crippen LogP contribution in [0.2, 0.25) is 0 Å². The molecule has 0 aromatic carbocycles. The molecule has 14 heavy (non-hydrogen) atoms. The second-order valence-corrected chi connectivity index (χ2v) is 4.57. The molecular formula is C13H17Ti. The van der Waals surface area contributed by atoms with Crippen LogP contribution in [0.5, 0.6) is 0 Å². The van der Waals surface area contributed by atoms with Gasteiger partial charge in [0, 0.05) is 28.1 Å². The van der Waals surface area contributed by atoms with E-state index in [2.05, 4.69) is 6.42 Å². The summed E-state index contributed by atoms with van der Waals surface area (Å²) < 4.78 is 0. The zero-order valence-corrected chi connectivity index (χ0v) is 10.3. The Bertz CT molecular complexity index is 266. The van der Waals surface area contributed by atoms with Crippen LogP contribution in [0.25, 0.3) is 0 Å². The van der Waals surface area contributed by atoms with E-state index in [0.29, 0.717) is 0 Å². The number of hydrogen-bond acceptors (Lipinski definition) is 0. The predicted molar refractivity (Wildman–Crippen MR) is 55.3 cm³/mol. The number of fused-ring (bicyclic) bond motifs is 1. The molecule has 0 atom stereocenters. The smallest absolute Gasteiger partial charge is 0.0122 e. The Morgan fingerprint density at radius 3 is 1.57 bits per heavy atom. The molecule has 1 radical (unpaired) electrons. The van der Waals surface area contributed by atoms with E-state index >= 15 is 0 Å². The first kappa shape index (κ1) is 10.7. The quantitative estimate of drug-likeness (QED) is 0.543. The van der Waals surface area contributed by atoms with E-state index in [9.17, 15) is 0 Å². The van der Waals surface area contributed by atoms with Gasteiger partial charge in [0.2, 0.25) is 0 Å². The van der Waals surface area contributed by atoms with E-state index in [0.717, 1.165) is 0 Å². The van der Waals surface area contributed by atoms with Gasteiger partial charge < -0.3 is 0 Å². The Morgan fingerprint density at radius 2 is 1.07 bits per heavy atom. The van der Waals surface area contributed by atoms with Crippen molar-refractivity contribution in [3.05, 3.63) is 28.7 Å². The van der Waals surface area contributed by atoms with Crippen molar-refractivity contribution in [1.29, 1.82) is 0 Å². The van der Waals surface area contributed by atoms with Gasteiger partial charge in [0.1, 0.15) is 0 Å². The van der Waals surface area contributed by atoms with Gasteiger partial charge >= 0.3 is 0 Å². The van der Waals surface area contributed by atoms with Gasteiger partial charge in [0.25, 0.3) is 0 Å². The minimum atomic E-state index is 0. The van der Waals surface area contributed by atoms with Gasteiger partial charge in [-0.25, -0.2) is 0 Å². The first-order chi connectivity index (χ1) is 6.45. The van der Waals surface area contributed by atoms with Gasteiger partial charge in [0.05, 0.1) is 0 Å². The van der Waals surface area contributed by atoms with E-state index in [1.165, 1.54) is 51.4 Å². The summed E-state index contributed by atoms with van der Waals surface area (Å²) >= 11 is 0. The van der Waals surface area contributed by atoms with Crippen molar-refractivity contribution in [1.82, 2.24) is 0 Å². The molecule has 0 aliphatic heterocycles. The standard InChI is InChI=1S/C13H17.Ti/c1-3-7-12-10(5-1)9-11-6-2-4-8-13(11)12;/h9H,1-8H2;. The molecule has 0 nitrogen and oxygen atoms in total. The van der Waals surface area contributed by atoms with Crippen molar-refractivity contribution in [2.75, 3.05) is 0 Å². The zero-order chi connectivity index (χ0) is 8.67. The number of rotatable bonds is 0. The number of hydrogen-bond donors (Lipinski definition) is 0. The average Bonchev–Trinajstić information content (AvgIpc) is 2.56. The molecule has 0 aromatic heterocycles. The first-order valence-corrected chi connectivity index (χ1v) is 5.74. The molecule has 0 bridgehead atoms. The molecule has 0 saturated carbocycles. The Labute approximate surface area is 102 Å². The van der Waals surface area contributed by atoms with Crippen LogP contribution in [0, 0.1) is 6.42 Å². The van der Waals surface area contributed by atoms with Crippen LogP contribution in [-0.4, -0.2) is 0 Å². The molecule has 0 heterocycles. The molecule has 0 spiro atoms. The van der Waals surface area contributed by atoms with Crippen molar-refractivity contribution >= 4 is 0 Å². The van der Waals surface area contributed by atoms with Gasteiger partial charge in [-0.1, -0.05) is 11.1 Å². The third-order valence-electron chi connectivity index (χ3n) is 3.73. The van der Waals surface area contributed by atoms with E-state index in [1.807, 2.05) is 0 Å². The minimum absolute atomic E-state index is 0. The molecule has 0 saturated heterocycles. The summed E-state index contributed by atoms with van der Waals surface area (Å²) in [5.74, 6) is 0. The van der Waals surface area contributed by atoms with Crippen molar-refractivity contribution < 1.29 is 21.7 Å². The topological polar surface area (TPSA) is 0 Å². The molecule has 1 heteroatoms. The Morgan fingerprint density at radius 1 is 0.643 bits per heavy atom. The van der Waals surface area contributed by atoms with Gasteiger partial charge in [-0.2, -0.15) is 0 Å². The maximum absolute atomic E-state index is 2.52. The van der Waals surface area contributed by atoms with Crippen LogP contribution in [0.3, 0.4) is 0 Å². The molecule has 0 amide bonds. The summed E-state index contributed by atoms with van der Waals surface area (Å²) in [7, 11) is 0. The predicted octanol–water partition coefficient (Wildman–Crippen LogP) is 3.94. The van der Waals surface area contributed by atoms with Crippen molar-refractivity contribution in [2.24, 2.45) is 0 Å². The van der Waals surface area contributed by atoms with Crippen LogP contribution < -0.4 is 0 Å². The SMILES string of the molecule is [CH]1C2=C(CCCC2)C2=C1CCCC2.[Ti]. The van der Waals surface area contributed by atoms with Crippen molar-refractivity contribution in [3.8, 4) is 0 Å². The van der Waals surface area contributed by atoms with Crippen LogP contribution in [0.1, 0.15) is 51.4 Å². The molecule has 0 unspecified atom stereocenters. The largest absolute Gasteiger partial charge is 0.0586 e. The van der Waals surface area contributed by atoms with Gasteiger partial charge in [-0.3, -0.25) is 0 Å². The average molecular weight is 221 g/mol. The fraction of sp³-hybridized carbons (Fsp3) is 0.615. The Balaban J connectivity index is 0.000000750. The summed E-state index contributed by atoms with van der Waals surface area (Å²) in [5, 5.41) is 0. The van der Waals surface area contributed by atoms with Gasteiger partial charge in [-0.15, -0.1) is 0 Å². The molecule has 3 aliphatic carbocycles. The second-order valence-electron chi connectivity index (χ2n) is 4.57.